The SMILES string of the molecule is O=C(Nc1ccc(C(=O)/C=C/c2ccc([N+](=O)[O-])cc2)cc1)/C(=C/c1ccc(-c2ccccc2)cc1)NC(=O)c1ccccc1. The molecule has 0 aliphatic carbocycles. The molecule has 5 aromatic carbocycles. The molecular formula is C37H27N3O5. The highest BCUT2D eigenvalue weighted by molar-refractivity contribution is 6.11. The number of benzene rings is 5. The summed E-state index contributed by atoms with van der Waals surface area (Å²) in [5, 5.41) is 16.3. The zero-order valence-electron chi connectivity index (χ0n) is 23.9. The number of non-ortho nitro benzene ring substituents is 1. The smallest absolute Gasteiger partial charge is 0.272 e. The summed E-state index contributed by atoms with van der Waals surface area (Å²) in [6.07, 6.45) is 4.55. The Morgan fingerprint density at radius 1 is 0.622 bits per heavy atom. The third-order valence-electron chi connectivity index (χ3n) is 6.82. The lowest BCUT2D eigenvalue weighted by Gasteiger charge is -2.12. The second kappa shape index (κ2) is 14.2. The van der Waals surface area contributed by atoms with Crippen molar-refractivity contribution in [1.29, 1.82) is 0 Å². The number of nitrogens with zero attached hydrogens (tertiary/aromatic N) is 1. The zero-order valence-corrected chi connectivity index (χ0v) is 23.9. The van der Waals surface area contributed by atoms with Crippen LogP contribution in [0.5, 0.6) is 0 Å². The molecule has 0 bridgehead atoms. The molecule has 0 saturated carbocycles. The van der Waals surface area contributed by atoms with Gasteiger partial charge in [-0.15, -0.1) is 0 Å². The van der Waals surface area contributed by atoms with E-state index in [1.165, 1.54) is 18.2 Å². The van der Waals surface area contributed by atoms with Gasteiger partial charge in [0.1, 0.15) is 5.70 Å². The molecule has 2 N–H and O–H groups in total. The van der Waals surface area contributed by atoms with Crippen LogP contribution in [-0.4, -0.2) is 22.5 Å². The maximum Gasteiger partial charge on any atom is 0.272 e. The van der Waals surface area contributed by atoms with E-state index in [1.54, 1.807) is 78.9 Å². The molecule has 0 atom stereocenters. The average molecular weight is 594 g/mol. The van der Waals surface area contributed by atoms with Crippen molar-refractivity contribution in [2.45, 2.75) is 0 Å². The molecule has 2 amide bonds. The number of hydrogen-bond acceptors (Lipinski definition) is 5. The Labute approximate surface area is 259 Å². The lowest BCUT2D eigenvalue weighted by atomic mass is 10.0. The summed E-state index contributed by atoms with van der Waals surface area (Å²) in [7, 11) is 0. The third-order valence-corrected chi connectivity index (χ3v) is 6.82. The fourth-order valence-corrected chi connectivity index (χ4v) is 4.40. The van der Waals surface area contributed by atoms with Crippen LogP contribution in [0.25, 0.3) is 23.3 Å². The molecule has 0 fully saturated rings. The molecule has 0 aromatic heterocycles. The fourth-order valence-electron chi connectivity index (χ4n) is 4.40. The second-order valence-electron chi connectivity index (χ2n) is 9.94. The molecule has 5 aromatic rings. The monoisotopic (exact) mass is 593 g/mol. The van der Waals surface area contributed by atoms with Gasteiger partial charge in [-0.05, 0) is 82.9 Å². The van der Waals surface area contributed by atoms with Gasteiger partial charge in [0.2, 0.25) is 0 Å². The quantitative estimate of drug-likeness (QED) is 0.0749. The fraction of sp³-hybridized carbons (Fsp3) is 0. The van der Waals surface area contributed by atoms with Crippen LogP contribution < -0.4 is 10.6 Å². The maximum absolute atomic E-state index is 13.4. The molecule has 0 heterocycles. The molecular weight excluding hydrogens is 566 g/mol. The van der Waals surface area contributed by atoms with Gasteiger partial charge in [0.25, 0.3) is 17.5 Å². The van der Waals surface area contributed by atoms with Crippen LogP contribution in [0.3, 0.4) is 0 Å². The average Bonchev–Trinajstić information content (AvgIpc) is 3.08. The predicted molar refractivity (Wildman–Crippen MR) is 175 cm³/mol. The predicted octanol–water partition coefficient (Wildman–Crippen LogP) is 7.57. The minimum Gasteiger partial charge on any atom is -0.321 e. The number of amides is 2. The van der Waals surface area contributed by atoms with Gasteiger partial charge in [0.05, 0.1) is 4.92 Å². The lowest BCUT2D eigenvalue weighted by molar-refractivity contribution is -0.384. The summed E-state index contributed by atoms with van der Waals surface area (Å²) in [5.74, 6) is -1.25. The van der Waals surface area contributed by atoms with Crippen molar-refractivity contribution in [2.75, 3.05) is 5.32 Å². The van der Waals surface area contributed by atoms with Gasteiger partial charge in [0.15, 0.2) is 5.78 Å². The molecule has 0 spiro atoms. The largest absolute Gasteiger partial charge is 0.321 e. The van der Waals surface area contributed by atoms with Crippen molar-refractivity contribution in [1.82, 2.24) is 5.32 Å². The van der Waals surface area contributed by atoms with Gasteiger partial charge in [0, 0.05) is 28.9 Å². The van der Waals surface area contributed by atoms with Crippen molar-refractivity contribution in [3.05, 3.63) is 178 Å². The van der Waals surface area contributed by atoms with Crippen LogP contribution in [0.15, 0.2) is 145 Å². The van der Waals surface area contributed by atoms with E-state index < -0.39 is 16.7 Å². The topological polar surface area (TPSA) is 118 Å². The van der Waals surface area contributed by atoms with Crippen LogP contribution in [-0.2, 0) is 4.79 Å². The first kappa shape index (κ1) is 30.1. The van der Waals surface area contributed by atoms with E-state index in [-0.39, 0.29) is 17.2 Å². The molecule has 0 aliphatic rings. The van der Waals surface area contributed by atoms with E-state index in [9.17, 15) is 24.5 Å². The van der Waals surface area contributed by atoms with Gasteiger partial charge >= 0.3 is 0 Å². The zero-order chi connectivity index (χ0) is 31.6. The van der Waals surface area contributed by atoms with Crippen molar-refractivity contribution < 1.29 is 19.3 Å². The first-order valence-electron chi connectivity index (χ1n) is 14.0. The molecule has 45 heavy (non-hydrogen) atoms. The Hall–Kier alpha value is -6.41. The van der Waals surface area contributed by atoms with Crippen LogP contribution >= 0.6 is 0 Å². The first-order valence-corrected chi connectivity index (χ1v) is 14.0. The lowest BCUT2D eigenvalue weighted by Crippen LogP contribution is -2.30. The van der Waals surface area contributed by atoms with Crippen LogP contribution in [0.1, 0.15) is 31.8 Å². The van der Waals surface area contributed by atoms with Crippen LogP contribution in [0, 0.1) is 10.1 Å². The van der Waals surface area contributed by atoms with Crippen molar-refractivity contribution >= 4 is 41.1 Å². The second-order valence-corrected chi connectivity index (χ2v) is 9.94. The number of hydrogen-bond donors (Lipinski definition) is 2. The Morgan fingerprint density at radius 3 is 1.82 bits per heavy atom. The number of nitrogens with one attached hydrogen (secondary N) is 2. The molecule has 0 aliphatic heterocycles. The maximum atomic E-state index is 13.4. The Kier molecular flexibility index (Phi) is 9.47. The number of rotatable bonds is 10. The molecule has 8 nitrogen and oxygen atoms in total. The Balaban J connectivity index is 1.31. The molecule has 0 saturated heterocycles. The molecule has 0 radical (unpaired) electrons. The number of nitro benzene ring substituents is 1. The number of anilines is 1. The van der Waals surface area contributed by atoms with E-state index in [2.05, 4.69) is 10.6 Å². The van der Waals surface area contributed by atoms with E-state index >= 15 is 0 Å². The number of nitro groups is 1. The number of allylic oxidation sites excluding steroid dienone is 1. The van der Waals surface area contributed by atoms with Crippen LogP contribution in [0.4, 0.5) is 11.4 Å². The first-order chi connectivity index (χ1) is 21.9. The highest BCUT2D eigenvalue weighted by Gasteiger charge is 2.15. The van der Waals surface area contributed by atoms with Crippen molar-refractivity contribution in [3.8, 4) is 11.1 Å². The van der Waals surface area contributed by atoms with Gasteiger partial charge in [-0.25, -0.2) is 0 Å². The van der Waals surface area contributed by atoms with Gasteiger partial charge in [-0.3, -0.25) is 24.5 Å². The third kappa shape index (κ3) is 8.12. The Bertz CT molecular complexity index is 1880. The van der Waals surface area contributed by atoms with Crippen molar-refractivity contribution in [2.24, 2.45) is 0 Å². The van der Waals surface area contributed by atoms with E-state index in [4.69, 9.17) is 0 Å². The summed E-state index contributed by atoms with van der Waals surface area (Å²) < 4.78 is 0. The standard InChI is InChI=1S/C37H27N3O5/c41-35(24-15-26-13-22-33(23-14-26)40(44)45)30-18-20-32(21-19-30)38-37(43)34(39-36(42)31-9-5-2-6-10-31)25-27-11-16-29(17-12-27)28-7-3-1-4-8-28/h1-25H,(H,38,43)(H,39,42)/b24-15+,34-25-. The molecule has 8 heteroatoms. The Morgan fingerprint density at radius 2 is 1.20 bits per heavy atom. The highest BCUT2D eigenvalue weighted by Crippen LogP contribution is 2.21. The van der Waals surface area contributed by atoms with Crippen molar-refractivity contribution in [3.63, 3.8) is 0 Å². The molecule has 220 valence electrons. The normalized spacial score (nSPS) is 11.2. The van der Waals surface area contributed by atoms with E-state index in [0.29, 0.717) is 27.9 Å². The minimum absolute atomic E-state index is 0.0327. The van der Waals surface area contributed by atoms with Gasteiger partial charge in [-0.1, -0.05) is 78.9 Å². The van der Waals surface area contributed by atoms with Gasteiger partial charge < -0.3 is 10.6 Å². The summed E-state index contributed by atoms with van der Waals surface area (Å²) in [4.78, 5) is 49.4. The number of carbonyl (C=O) groups is 3. The summed E-state index contributed by atoms with van der Waals surface area (Å²) in [6.45, 7) is 0. The molecule has 0 unspecified atom stereocenters. The van der Waals surface area contributed by atoms with E-state index in [1.807, 2.05) is 54.6 Å². The highest BCUT2D eigenvalue weighted by atomic mass is 16.6. The summed E-state index contributed by atoms with van der Waals surface area (Å²) >= 11 is 0. The van der Waals surface area contributed by atoms with E-state index in [0.717, 1.165) is 11.1 Å². The summed E-state index contributed by atoms with van der Waals surface area (Å²) in [5.41, 5.74) is 4.67. The van der Waals surface area contributed by atoms with Gasteiger partial charge in [-0.2, -0.15) is 0 Å². The number of ketones is 1. The summed E-state index contributed by atoms with van der Waals surface area (Å²) in [6, 6.07) is 38.3. The van der Waals surface area contributed by atoms with Crippen LogP contribution in [0.2, 0.25) is 0 Å². The minimum atomic E-state index is -0.538. The molecule has 5 rings (SSSR count). The number of carbonyl (C=O) groups excluding carboxylic acids is 3.